The van der Waals surface area contributed by atoms with Crippen LogP contribution in [0.2, 0.25) is 0 Å². The topological polar surface area (TPSA) is 24.9 Å². The van der Waals surface area contributed by atoms with Crippen molar-refractivity contribution < 1.29 is 4.39 Å². The number of aryl methyl sites for hydroxylation is 3. The van der Waals surface area contributed by atoms with E-state index in [1.165, 1.54) is 6.07 Å². The summed E-state index contributed by atoms with van der Waals surface area (Å²) in [7, 11) is 0. The van der Waals surface area contributed by atoms with E-state index < -0.39 is 0 Å². The highest BCUT2D eigenvalue weighted by atomic mass is 19.1. The summed E-state index contributed by atoms with van der Waals surface area (Å²) in [6.07, 6.45) is 2.93. The highest BCUT2D eigenvalue weighted by molar-refractivity contribution is 5.36. The van der Waals surface area contributed by atoms with E-state index in [1.807, 2.05) is 25.3 Å². The molecule has 0 fully saturated rings. The SMILES string of the molecule is CCCNC(c1ccc(F)c(C)c1)c1ncc(C)cc1C. The van der Waals surface area contributed by atoms with Crippen molar-refractivity contribution in [3.63, 3.8) is 0 Å². The first-order valence-electron chi connectivity index (χ1n) is 7.45. The van der Waals surface area contributed by atoms with Gasteiger partial charge in [0.1, 0.15) is 5.82 Å². The number of pyridine rings is 1. The van der Waals surface area contributed by atoms with Crippen LogP contribution < -0.4 is 5.32 Å². The molecule has 2 rings (SSSR count). The molecule has 1 heterocycles. The van der Waals surface area contributed by atoms with E-state index in [9.17, 15) is 4.39 Å². The van der Waals surface area contributed by atoms with Crippen LogP contribution in [0.4, 0.5) is 4.39 Å². The molecule has 0 spiro atoms. The molecule has 0 bridgehead atoms. The molecule has 2 aromatic rings. The highest BCUT2D eigenvalue weighted by Gasteiger charge is 2.17. The first-order chi connectivity index (χ1) is 10.0. The van der Waals surface area contributed by atoms with Gasteiger partial charge < -0.3 is 5.32 Å². The molecule has 0 radical (unpaired) electrons. The minimum atomic E-state index is -0.165. The normalized spacial score (nSPS) is 12.4. The first kappa shape index (κ1) is 15.6. The first-order valence-corrected chi connectivity index (χ1v) is 7.45. The third-order valence-electron chi connectivity index (χ3n) is 3.64. The van der Waals surface area contributed by atoms with Gasteiger partial charge in [0, 0.05) is 6.20 Å². The second-order valence-corrected chi connectivity index (χ2v) is 5.61. The molecule has 0 saturated carbocycles. The Labute approximate surface area is 126 Å². The van der Waals surface area contributed by atoms with Gasteiger partial charge in [0.2, 0.25) is 0 Å². The zero-order valence-corrected chi connectivity index (χ0v) is 13.2. The van der Waals surface area contributed by atoms with Gasteiger partial charge in [-0.3, -0.25) is 4.98 Å². The number of benzene rings is 1. The molecular weight excluding hydrogens is 263 g/mol. The van der Waals surface area contributed by atoms with Crippen LogP contribution >= 0.6 is 0 Å². The van der Waals surface area contributed by atoms with Gasteiger partial charge in [-0.1, -0.05) is 25.1 Å². The van der Waals surface area contributed by atoms with Crippen molar-refractivity contribution in [2.75, 3.05) is 6.54 Å². The maximum atomic E-state index is 13.5. The van der Waals surface area contributed by atoms with Gasteiger partial charge >= 0.3 is 0 Å². The Morgan fingerprint density at radius 3 is 2.52 bits per heavy atom. The van der Waals surface area contributed by atoms with E-state index in [4.69, 9.17) is 0 Å². The van der Waals surface area contributed by atoms with Crippen LogP contribution in [0.3, 0.4) is 0 Å². The average Bonchev–Trinajstić information content (AvgIpc) is 2.44. The van der Waals surface area contributed by atoms with E-state index in [1.54, 1.807) is 6.92 Å². The third kappa shape index (κ3) is 3.67. The molecular formula is C18H23FN2. The number of aromatic nitrogens is 1. The van der Waals surface area contributed by atoms with Crippen LogP contribution in [0.1, 0.15) is 47.3 Å². The van der Waals surface area contributed by atoms with Crippen molar-refractivity contribution in [3.8, 4) is 0 Å². The summed E-state index contributed by atoms with van der Waals surface area (Å²) in [4.78, 5) is 4.60. The zero-order chi connectivity index (χ0) is 15.4. The van der Waals surface area contributed by atoms with Crippen LogP contribution in [0.5, 0.6) is 0 Å². The maximum absolute atomic E-state index is 13.5. The monoisotopic (exact) mass is 286 g/mol. The van der Waals surface area contributed by atoms with Gasteiger partial charge in [0.05, 0.1) is 11.7 Å². The quantitative estimate of drug-likeness (QED) is 0.889. The van der Waals surface area contributed by atoms with Crippen LogP contribution in [0.15, 0.2) is 30.5 Å². The Kier molecular flexibility index (Phi) is 5.07. The lowest BCUT2D eigenvalue weighted by molar-refractivity contribution is 0.577. The summed E-state index contributed by atoms with van der Waals surface area (Å²) in [5.41, 5.74) is 5.05. The van der Waals surface area contributed by atoms with Crippen molar-refractivity contribution >= 4 is 0 Å². The Hall–Kier alpha value is -1.74. The van der Waals surface area contributed by atoms with E-state index in [2.05, 4.69) is 30.2 Å². The van der Waals surface area contributed by atoms with Crippen molar-refractivity contribution in [1.29, 1.82) is 0 Å². The van der Waals surface area contributed by atoms with Gasteiger partial charge in [-0.25, -0.2) is 4.39 Å². The largest absolute Gasteiger partial charge is 0.305 e. The summed E-state index contributed by atoms with van der Waals surface area (Å²) in [5.74, 6) is -0.165. The van der Waals surface area contributed by atoms with Crippen LogP contribution in [0.25, 0.3) is 0 Å². The second-order valence-electron chi connectivity index (χ2n) is 5.61. The average molecular weight is 286 g/mol. The minimum absolute atomic E-state index is 0.00449. The molecule has 1 atom stereocenters. The summed E-state index contributed by atoms with van der Waals surface area (Å²) < 4.78 is 13.5. The molecule has 112 valence electrons. The lowest BCUT2D eigenvalue weighted by Crippen LogP contribution is -2.25. The Balaban J connectivity index is 2.44. The number of rotatable bonds is 5. The van der Waals surface area contributed by atoms with Crippen LogP contribution in [-0.2, 0) is 0 Å². The van der Waals surface area contributed by atoms with Crippen LogP contribution in [0, 0.1) is 26.6 Å². The summed E-state index contributed by atoms with van der Waals surface area (Å²) in [6.45, 7) is 8.95. The molecule has 0 aliphatic heterocycles. The van der Waals surface area contributed by atoms with Crippen molar-refractivity contribution in [1.82, 2.24) is 10.3 Å². The molecule has 3 heteroatoms. The fourth-order valence-electron chi connectivity index (χ4n) is 2.54. The minimum Gasteiger partial charge on any atom is -0.305 e. The van der Waals surface area contributed by atoms with E-state index in [0.29, 0.717) is 5.56 Å². The zero-order valence-electron chi connectivity index (χ0n) is 13.2. The van der Waals surface area contributed by atoms with Crippen LogP contribution in [-0.4, -0.2) is 11.5 Å². The van der Waals surface area contributed by atoms with Crippen molar-refractivity contribution in [3.05, 3.63) is 64.2 Å². The third-order valence-corrected chi connectivity index (χ3v) is 3.64. The predicted molar refractivity (Wildman–Crippen MR) is 85.0 cm³/mol. The summed E-state index contributed by atoms with van der Waals surface area (Å²) >= 11 is 0. The second kappa shape index (κ2) is 6.81. The number of hydrogen-bond acceptors (Lipinski definition) is 2. The summed E-state index contributed by atoms with van der Waals surface area (Å²) in [6, 6.07) is 7.43. The van der Waals surface area contributed by atoms with Gasteiger partial charge in [-0.2, -0.15) is 0 Å². The fraction of sp³-hybridized carbons (Fsp3) is 0.389. The highest BCUT2D eigenvalue weighted by Crippen LogP contribution is 2.25. The molecule has 1 unspecified atom stereocenters. The maximum Gasteiger partial charge on any atom is 0.126 e. The van der Waals surface area contributed by atoms with Gasteiger partial charge in [-0.15, -0.1) is 0 Å². The lowest BCUT2D eigenvalue weighted by Gasteiger charge is -2.21. The number of halogens is 1. The molecule has 1 aromatic heterocycles. The molecule has 0 amide bonds. The number of hydrogen-bond donors (Lipinski definition) is 1. The van der Waals surface area contributed by atoms with Crippen molar-refractivity contribution in [2.24, 2.45) is 0 Å². The smallest absolute Gasteiger partial charge is 0.126 e. The standard InChI is InChI=1S/C18H23FN2/c1-5-8-20-18(15-6-7-16(19)13(3)10-15)17-14(4)9-12(2)11-21-17/h6-7,9-11,18,20H,5,8H2,1-4H3. The molecule has 0 aliphatic carbocycles. The molecule has 1 N–H and O–H groups in total. The Morgan fingerprint density at radius 2 is 1.90 bits per heavy atom. The molecule has 0 aliphatic rings. The fourth-order valence-corrected chi connectivity index (χ4v) is 2.54. The van der Waals surface area contributed by atoms with E-state index in [0.717, 1.165) is 35.3 Å². The summed E-state index contributed by atoms with van der Waals surface area (Å²) in [5, 5.41) is 3.52. The lowest BCUT2D eigenvalue weighted by atomic mass is 9.97. The Morgan fingerprint density at radius 1 is 1.14 bits per heavy atom. The Bertz CT molecular complexity index is 623. The van der Waals surface area contributed by atoms with Gasteiger partial charge in [0.25, 0.3) is 0 Å². The molecule has 2 nitrogen and oxygen atoms in total. The number of nitrogens with one attached hydrogen (secondary N) is 1. The van der Waals surface area contributed by atoms with Gasteiger partial charge in [0.15, 0.2) is 0 Å². The number of nitrogens with zero attached hydrogens (tertiary/aromatic N) is 1. The predicted octanol–water partition coefficient (Wildman–Crippen LogP) is 4.23. The van der Waals surface area contributed by atoms with E-state index in [-0.39, 0.29) is 11.9 Å². The molecule has 1 aromatic carbocycles. The van der Waals surface area contributed by atoms with Crippen molar-refractivity contribution in [2.45, 2.75) is 40.2 Å². The molecule has 21 heavy (non-hydrogen) atoms. The van der Waals surface area contributed by atoms with E-state index >= 15 is 0 Å². The molecule has 0 saturated heterocycles. The van der Waals surface area contributed by atoms with Gasteiger partial charge in [-0.05, 0) is 62.1 Å².